The van der Waals surface area contributed by atoms with Crippen molar-refractivity contribution in [1.82, 2.24) is 10.2 Å². The first kappa shape index (κ1) is 14.9. The average molecular weight is 298 g/mol. The zero-order chi connectivity index (χ0) is 13.2. The fourth-order valence-corrected chi connectivity index (χ4v) is 2.84. The van der Waals surface area contributed by atoms with Crippen molar-refractivity contribution in [3.05, 3.63) is 24.3 Å². The van der Waals surface area contributed by atoms with Gasteiger partial charge in [0.2, 0.25) is 0 Å². The van der Waals surface area contributed by atoms with Gasteiger partial charge < -0.3 is 20.3 Å². The summed E-state index contributed by atoms with van der Waals surface area (Å²) in [5.41, 5.74) is 0.802. The predicted molar refractivity (Wildman–Crippen MR) is 80.8 cm³/mol. The lowest BCUT2D eigenvalue weighted by atomic mass is 10.2. The Morgan fingerprint density at radius 1 is 1.25 bits per heavy atom. The third kappa shape index (κ3) is 3.16. The second-order valence-corrected chi connectivity index (χ2v) is 5.20. The lowest BCUT2D eigenvalue weighted by molar-refractivity contribution is 0.188. The van der Waals surface area contributed by atoms with E-state index < -0.39 is 0 Å². The van der Waals surface area contributed by atoms with Crippen LogP contribution in [-0.4, -0.2) is 43.2 Å². The molecule has 2 aliphatic rings. The number of halogens is 1. The highest BCUT2D eigenvalue weighted by Crippen LogP contribution is 2.21. The highest BCUT2D eigenvalue weighted by atomic mass is 35.5. The number of nitrogens with zero attached hydrogens (tertiary/aromatic N) is 1. The minimum atomic E-state index is -0.0106. The van der Waals surface area contributed by atoms with Crippen LogP contribution in [0.4, 0.5) is 10.5 Å². The SMILES string of the molecule is COc1ccc(NC(=O)N2CC3CCC(C2)N3)cc1.Cl. The number of carbonyl (C=O) groups excluding carboxylic acids is 1. The molecule has 0 saturated carbocycles. The Balaban J connectivity index is 0.00000147. The number of piperazine rings is 1. The molecule has 2 N–H and O–H groups in total. The summed E-state index contributed by atoms with van der Waals surface area (Å²) in [6.45, 7) is 1.61. The second-order valence-electron chi connectivity index (χ2n) is 5.20. The summed E-state index contributed by atoms with van der Waals surface area (Å²) in [6, 6.07) is 8.33. The molecule has 2 bridgehead atoms. The minimum Gasteiger partial charge on any atom is -0.497 e. The first-order valence-electron chi connectivity index (χ1n) is 6.70. The van der Waals surface area contributed by atoms with E-state index >= 15 is 0 Å². The quantitative estimate of drug-likeness (QED) is 0.879. The molecule has 1 aromatic rings. The molecular formula is C14H20ClN3O2. The maximum atomic E-state index is 12.2. The molecule has 110 valence electrons. The van der Waals surface area contributed by atoms with Gasteiger partial charge in [-0.2, -0.15) is 0 Å². The lowest BCUT2D eigenvalue weighted by Crippen LogP contribution is -2.54. The second kappa shape index (κ2) is 6.33. The number of ether oxygens (including phenoxy) is 1. The van der Waals surface area contributed by atoms with Crippen molar-refractivity contribution in [3.63, 3.8) is 0 Å². The minimum absolute atomic E-state index is 0. The van der Waals surface area contributed by atoms with Crippen LogP contribution in [0.5, 0.6) is 5.75 Å². The lowest BCUT2D eigenvalue weighted by Gasteiger charge is -2.32. The topological polar surface area (TPSA) is 53.6 Å². The number of hydrogen-bond donors (Lipinski definition) is 2. The van der Waals surface area contributed by atoms with E-state index in [1.165, 1.54) is 12.8 Å². The van der Waals surface area contributed by atoms with Gasteiger partial charge in [0.1, 0.15) is 5.75 Å². The molecule has 2 fully saturated rings. The zero-order valence-corrected chi connectivity index (χ0v) is 12.3. The Morgan fingerprint density at radius 2 is 1.85 bits per heavy atom. The summed E-state index contributed by atoms with van der Waals surface area (Å²) >= 11 is 0. The van der Waals surface area contributed by atoms with Gasteiger partial charge in [0.15, 0.2) is 0 Å². The van der Waals surface area contributed by atoms with E-state index in [-0.39, 0.29) is 18.4 Å². The van der Waals surface area contributed by atoms with Crippen LogP contribution in [0.15, 0.2) is 24.3 Å². The summed E-state index contributed by atoms with van der Waals surface area (Å²) < 4.78 is 5.10. The van der Waals surface area contributed by atoms with Crippen LogP contribution in [0, 0.1) is 0 Å². The number of nitrogens with one attached hydrogen (secondary N) is 2. The van der Waals surface area contributed by atoms with Gasteiger partial charge in [-0.25, -0.2) is 4.79 Å². The van der Waals surface area contributed by atoms with Crippen molar-refractivity contribution in [2.75, 3.05) is 25.5 Å². The number of hydrogen-bond acceptors (Lipinski definition) is 3. The van der Waals surface area contributed by atoms with Crippen molar-refractivity contribution < 1.29 is 9.53 Å². The molecule has 2 atom stereocenters. The van der Waals surface area contributed by atoms with E-state index in [0.29, 0.717) is 12.1 Å². The van der Waals surface area contributed by atoms with E-state index in [4.69, 9.17) is 4.74 Å². The van der Waals surface area contributed by atoms with Crippen molar-refractivity contribution in [2.45, 2.75) is 24.9 Å². The van der Waals surface area contributed by atoms with E-state index in [2.05, 4.69) is 10.6 Å². The number of benzene rings is 1. The Hall–Kier alpha value is -1.46. The number of amides is 2. The van der Waals surface area contributed by atoms with Gasteiger partial charge >= 0.3 is 6.03 Å². The van der Waals surface area contributed by atoms with Crippen molar-refractivity contribution >= 4 is 24.1 Å². The van der Waals surface area contributed by atoms with Crippen molar-refractivity contribution in [3.8, 4) is 5.75 Å². The fourth-order valence-electron chi connectivity index (χ4n) is 2.84. The molecule has 2 unspecified atom stereocenters. The standard InChI is InChI=1S/C14H19N3O2.ClH/c1-19-13-6-4-10(5-7-13)16-14(18)17-8-11-2-3-12(9-17)15-11;/h4-7,11-12,15H,2-3,8-9H2,1H3,(H,16,18);1H. The van der Waals surface area contributed by atoms with E-state index in [0.717, 1.165) is 24.5 Å². The normalized spacial score (nSPS) is 23.9. The van der Waals surface area contributed by atoms with Gasteiger partial charge in [0.05, 0.1) is 7.11 Å². The summed E-state index contributed by atoms with van der Waals surface area (Å²) in [5, 5.41) is 6.45. The van der Waals surface area contributed by atoms with Crippen LogP contribution < -0.4 is 15.4 Å². The summed E-state index contributed by atoms with van der Waals surface area (Å²) in [7, 11) is 1.63. The first-order valence-corrected chi connectivity index (χ1v) is 6.70. The molecule has 0 aromatic heterocycles. The molecule has 2 aliphatic heterocycles. The number of rotatable bonds is 2. The zero-order valence-electron chi connectivity index (χ0n) is 11.5. The maximum Gasteiger partial charge on any atom is 0.321 e. The Bertz CT molecular complexity index is 454. The van der Waals surface area contributed by atoms with Gasteiger partial charge in [0, 0.05) is 30.9 Å². The molecule has 1 aromatic carbocycles. The average Bonchev–Trinajstić information content (AvgIpc) is 2.78. The molecule has 3 rings (SSSR count). The molecule has 0 aliphatic carbocycles. The number of urea groups is 1. The van der Waals surface area contributed by atoms with Crippen molar-refractivity contribution in [1.29, 1.82) is 0 Å². The monoisotopic (exact) mass is 297 g/mol. The molecule has 2 heterocycles. The molecular weight excluding hydrogens is 278 g/mol. The van der Waals surface area contributed by atoms with Gasteiger partial charge in [0.25, 0.3) is 0 Å². The molecule has 0 radical (unpaired) electrons. The highest BCUT2D eigenvalue weighted by molar-refractivity contribution is 5.89. The van der Waals surface area contributed by atoms with Crippen LogP contribution in [0.25, 0.3) is 0 Å². The third-order valence-corrected chi connectivity index (χ3v) is 3.85. The van der Waals surface area contributed by atoms with Gasteiger partial charge in [-0.05, 0) is 37.1 Å². The van der Waals surface area contributed by atoms with Gasteiger partial charge in [-0.1, -0.05) is 0 Å². The van der Waals surface area contributed by atoms with E-state index in [9.17, 15) is 4.79 Å². The number of anilines is 1. The van der Waals surface area contributed by atoms with Gasteiger partial charge in [-0.15, -0.1) is 12.4 Å². The Kier molecular flexibility index (Phi) is 4.73. The predicted octanol–water partition coefficient (Wildman–Crippen LogP) is 2.09. The van der Waals surface area contributed by atoms with E-state index in [1.54, 1.807) is 7.11 Å². The fraction of sp³-hybridized carbons (Fsp3) is 0.500. The van der Waals surface area contributed by atoms with Crippen LogP contribution in [0.1, 0.15) is 12.8 Å². The Morgan fingerprint density at radius 3 is 2.40 bits per heavy atom. The summed E-state index contributed by atoms with van der Waals surface area (Å²) in [4.78, 5) is 14.1. The van der Waals surface area contributed by atoms with Crippen LogP contribution in [0.3, 0.4) is 0 Å². The number of fused-ring (bicyclic) bond motifs is 2. The molecule has 2 saturated heterocycles. The van der Waals surface area contributed by atoms with E-state index in [1.807, 2.05) is 29.2 Å². The summed E-state index contributed by atoms with van der Waals surface area (Å²) in [6.07, 6.45) is 2.36. The van der Waals surface area contributed by atoms with Gasteiger partial charge in [-0.3, -0.25) is 0 Å². The van der Waals surface area contributed by atoms with Crippen molar-refractivity contribution in [2.24, 2.45) is 0 Å². The van der Waals surface area contributed by atoms with Crippen LogP contribution >= 0.6 is 12.4 Å². The molecule has 2 amide bonds. The molecule has 5 nitrogen and oxygen atoms in total. The number of methoxy groups -OCH3 is 1. The van der Waals surface area contributed by atoms with Crippen LogP contribution in [-0.2, 0) is 0 Å². The molecule has 0 spiro atoms. The number of carbonyl (C=O) groups is 1. The number of likely N-dealkylation sites (tertiary alicyclic amines) is 1. The highest BCUT2D eigenvalue weighted by Gasteiger charge is 2.34. The molecule has 6 heteroatoms. The third-order valence-electron chi connectivity index (χ3n) is 3.85. The first-order chi connectivity index (χ1) is 9.24. The molecule has 20 heavy (non-hydrogen) atoms. The smallest absolute Gasteiger partial charge is 0.321 e. The largest absolute Gasteiger partial charge is 0.497 e. The Labute approximate surface area is 125 Å². The van der Waals surface area contributed by atoms with Crippen LogP contribution in [0.2, 0.25) is 0 Å². The summed E-state index contributed by atoms with van der Waals surface area (Å²) in [5.74, 6) is 0.790. The maximum absolute atomic E-state index is 12.2.